The van der Waals surface area contributed by atoms with Gasteiger partial charge < -0.3 is 23.5 Å². The number of fused-ring (bicyclic) bond motifs is 7. The molecule has 0 aliphatic carbocycles. The summed E-state index contributed by atoms with van der Waals surface area (Å²) in [5.74, 6) is 3.23. The number of pyridine rings is 7. The van der Waals surface area contributed by atoms with Crippen molar-refractivity contribution in [2.75, 3.05) is 21.3 Å². The normalized spacial score (nSPS) is 11.0. The van der Waals surface area contributed by atoms with E-state index < -0.39 is 21.4 Å². The second-order valence-corrected chi connectivity index (χ2v) is 34.5. The largest absolute Gasteiger partial charge is 0.534 e. The number of hydrogen-bond donors (Lipinski definition) is 1. The molecule has 0 unspecified atom stereocenters. The molecule has 125 heavy (non-hydrogen) atoms. The van der Waals surface area contributed by atoms with Gasteiger partial charge in [0.15, 0.2) is 5.75 Å². The fourth-order valence-electron chi connectivity index (χ4n) is 11.6. The number of ether oxygens (including phenoxy) is 3. The second-order valence-electron chi connectivity index (χ2n) is 28.7. The van der Waals surface area contributed by atoms with Crippen LogP contribution in [0.1, 0.15) is 99.7 Å². The third-order valence-electron chi connectivity index (χ3n) is 17.5. The molecule has 0 spiro atoms. The minimum absolute atomic E-state index is 0. The van der Waals surface area contributed by atoms with Gasteiger partial charge in [0, 0.05) is 67.7 Å². The van der Waals surface area contributed by atoms with Crippen LogP contribution in [0.15, 0.2) is 217 Å². The summed E-state index contributed by atoms with van der Waals surface area (Å²) < 4.78 is 90.9. The first-order valence-corrected chi connectivity index (χ1v) is 43.5. The number of hydrogen-bond acceptors (Lipinski definition) is 14. The Labute approximate surface area is 781 Å². The first-order chi connectivity index (χ1) is 59.1. The third-order valence-corrected chi connectivity index (χ3v) is 20.9. The zero-order valence-electron chi connectivity index (χ0n) is 70.5. The molecule has 10 radical (unpaired) electrons. The van der Waals surface area contributed by atoms with Crippen LogP contribution in [0.4, 0.5) is 13.2 Å². The van der Waals surface area contributed by atoms with Crippen molar-refractivity contribution in [3.8, 4) is 51.0 Å². The molecule has 0 amide bonds. The Bertz CT molecular complexity index is 6400. The van der Waals surface area contributed by atoms with Crippen molar-refractivity contribution < 1.29 is 49.4 Å². The Hall–Kier alpha value is -9.68. The van der Waals surface area contributed by atoms with Gasteiger partial charge in [-0.3, -0.25) is 0 Å². The minimum Gasteiger partial charge on any atom is -0.506 e. The van der Waals surface area contributed by atoms with Gasteiger partial charge in [-0.05, 0) is 121 Å². The van der Waals surface area contributed by atoms with Crippen LogP contribution in [-0.2, 0) is 10.1 Å². The van der Waals surface area contributed by atoms with Gasteiger partial charge in [0.05, 0.1) is 106 Å². The lowest BCUT2D eigenvalue weighted by Crippen LogP contribution is -2.28. The summed E-state index contributed by atoms with van der Waals surface area (Å²) in [6.45, 7) is 26.6. The number of rotatable bonds is 10. The third kappa shape index (κ3) is 26.7. The zero-order valence-corrected chi connectivity index (χ0v) is 79.1. The standard InChI is InChI=1S/2C16H14BClN2.C10H14.C8H3BClF3N2O3S.C8H6BClN2O.C8H6BrClN2O.C8H7BrN2O.C7H4BClN2O.C3H9B.C2H6.3H2/c2*1-10(2)11-3-5-12(6-4-11)14-7-13(17)9-20-16(14)15(18)8-19-20;1-8(2)10-6-4-9(3)5-7-10;9-4-1-6(18-19(16,17)8(11,12)13)7-5(10)2-14-15(7)3-4;2*1-13-7-2-5(9)4-12-8(7)6(10)3-11-12;1-12-8-4-6(9)5-11-7(8)2-3-10-11;8-4-1-6(12)7-5(9)2-10-11(7)3-4;1-4(2)3;1-2;;;/h2*3-10H,1-2H3;4-8H,1-3H3;1-3H;2*2-4H,1H3;2-5H,1H3;1-3,12H;1-3H3;1-2H3;3*1H/i;;;;;;;;;;3*1+1. The van der Waals surface area contributed by atoms with Crippen LogP contribution < -0.4 is 45.7 Å². The molecule has 17 aromatic rings. The van der Waals surface area contributed by atoms with Gasteiger partial charge in [0.1, 0.15) is 96.5 Å². The predicted molar refractivity (Wildman–Crippen MR) is 521 cm³/mol. The van der Waals surface area contributed by atoms with Crippen molar-refractivity contribution in [3.63, 3.8) is 0 Å². The number of methoxy groups -OCH3 is 3. The van der Waals surface area contributed by atoms with Crippen LogP contribution >= 0.6 is 101 Å². The first kappa shape index (κ1) is 101. The molecule has 0 saturated heterocycles. The van der Waals surface area contributed by atoms with E-state index in [0.29, 0.717) is 81.7 Å². The summed E-state index contributed by atoms with van der Waals surface area (Å²) in [7, 11) is 27.4. The van der Waals surface area contributed by atoms with Crippen LogP contribution in [-0.4, -0.2) is 154 Å². The highest BCUT2D eigenvalue weighted by atomic mass is 79.9. The summed E-state index contributed by atoms with van der Waals surface area (Å²) in [6, 6.07) is 39.3. The van der Waals surface area contributed by atoms with Gasteiger partial charge >= 0.3 is 15.6 Å². The lowest BCUT2D eigenvalue weighted by Gasteiger charge is -2.11. The van der Waals surface area contributed by atoms with E-state index in [0.717, 1.165) is 88.0 Å². The quantitative estimate of drug-likeness (QED) is 0.0767. The summed E-state index contributed by atoms with van der Waals surface area (Å²) in [5.41, 5.74) is 11.0. The first-order valence-electron chi connectivity index (χ1n) is 38.3. The van der Waals surface area contributed by atoms with Crippen molar-refractivity contribution in [2.24, 2.45) is 0 Å². The SMILES string of the molecule is CB(C)C.CC.COc1cc(Br)cn2ncc(Cl)c12.COc1cc(Br)cn2nccc12.Cc1ccc(C(C)C)cc1.[2HH].[2HH].[2HH].[B]c1cc(-c2ccc(C(C)C)cc2)c2c(Cl)cnn2c1.[B]c1cc(-c2ccc(C(C)C)cc2)c2c(Cl)cnn2c1.[B]c1cc(O)c2c(Cl)cnn2c1.[B]c1cc(OC)c2c(Cl)cnn2c1.[B]c1cc(OS(=O)(=O)C(F)(F)F)c2c(Cl)cnn2c1. The summed E-state index contributed by atoms with van der Waals surface area (Å²) in [6.07, 6.45) is 22.5. The van der Waals surface area contributed by atoms with Crippen LogP contribution in [0, 0.1) is 6.92 Å². The van der Waals surface area contributed by atoms with Gasteiger partial charge in [-0.15, -0.1) is 0 Å². The molecule has 39 heteroatoms. The van der Waals surface area contributed by atoms with E-state index in [-0.39, 0.29) is 26.0 Å². The maximum Gasteiger partial charge on any atom is 0.534 e. The Kier molecular flexibility index (Phi) is 36.8. The molecule has 21 nitrogen and oxygen atoms in total. The van der Waals surface area contributed by atoms with E-state index in [1.807, 2.05) is 56.6 Å². The molecular formula is C86H89B6Br2Cl6F3N14O7S. The van der Waals surface area contributed by atoms with Crippen molar-refractivity contribution in [3.05, 3.63) is 269 Å². The molecule has 3 aromatic carbocycles. The van der Waals surface area contributed by atoms with Gasteiger partial charge in [-0.1, -0.05) is 263 Å². The molecular weight excluding hydrogens is 1870 g/mol. The van der Waals surface area contributed by atoms with Crippen LogP contribution in [0.3, 0.4) is 0 Å². The molecule has 0 saturated carbocycles. The molecule has 1 N–H and O–H groups in total. The molecule has 0 bridgehead atoms. The molecule has 0 atom stereocenters. The van der Waals surface area contributed by atoms with Crippen molar-refractivity contribution >= 4 is 223 Å². The number of aromatic hydroxyl groups is 1. The highest BCUT2D eigenvalue weighted by Gasteiger charge is 2.49. The summed E-state index contributed by atoms with van der Waals surface area (Å²) >= 11 is 42.5. The van der Waals surface area contributed by atoms with E-state index in [1.165, 1.54) is 45.2 Å². The Morgan fingerprint density at radius 3 is 1.07 bits per heavy atom. The maximum atomic E-state index is 12.2. The fourth-order valence-corrected chi connectivity index (χ4v) is 14.2. The van der Waals surface area contributed by atoms with Gasteiger partial charge in [0.25, 0.3) is 0 Å². The lowest BCUT2D eigenvalue weighted by atomic mass is 9.58. The second kappa shape index (κ2) is 45.7. The number of aryl methyl sites for hydroxylation is 1. The maximum absolute atomic E-state index is 12.2. The Morgan fingerprint density at radius 2 is 0.704 bits per heavy atom. The van der Waals surface area contributed by atoms with Crippen LogP contribution in [0.25, 0.3) is 60.9 Å². The van der Waals surface area contributed by atoms with E-state index in [1.54, 1.807) is 106 Å². The average Bonchev–Trinajstić information content (AvgIpc) is 1.52. The topological polar surface area (TPSA) is 212 Å². The average molecular weight is 1960 g/mol. The molecule has 14 heterocycles. The minimum atomic E-state index is -5.81. The lowest BCUT2D eigenvalue weighted by molar-refractivity contribution is -0.0499. The van der Waals surface area contributed by atoms with Crippen molar-refractivity contribution in [2.45, 2.75) is 106 Å². The highest BCUT2D eigenvalue weighted by molar-refractivity contribution is 9.10. The monoisotopic (exact) mass is 1960 g/mol. The Balaban J connectivity index is 0.000000259. The van der Waals surface area contributed by atoms with E-state index in [2.05, 4.69) is 213 Å². The van der Waals surface area contributed by atoms with E-state index in [4.69, 9.17) is 123 Å². The van der Waals surface area contributed by atoms with E-state index >= 15 is 0 Å². The van der Waals surface area contributed by atoms with E-state index in [9.17, 15) is 26.7 Å². The Morgan fingerprint density at radius 1 is 0.416 bits per heavy atom. The fraction of sp³-hybridized carbons (Fsp3) is 0.221. The molecule has 646 valence electrons. The van der Waals surface area contributed by atoms with Crippen LogP contribution in [0.2, 0.25) is 50.6 Å². The summed E-state index contributed by atoms with van der Waals surface area (Å²) in [5, 5.41) is 40.3. The molecule has 0 fully saturated rings. The molecule has 14 aromatic heterocycles. The predicted octanol–water partition coefficient (Wildman–Crippen LogP) is 20.5. The number of nitrogens with zero attached hydrogens (tertiary/aromatic N) is 14. The molecule has 17 rings (SSSR count). The number of alkyl halides is 3. The zero-order chi connectivity index (χ0) is 92.2. The van der Waals surface area contributed by atoms with Crippen molar-refractivity contribution in [1.29, 1.82) is 0 Å². The molecule has 0 aliphatic rings. The number of benzene rings is 3. The van der Waals surface area contributed by atoms with Crippen LogP contribution in [0.5, 0.6) is 28.7 Å². The molecule has 0 aliphatic heterocycles. The van der Waals surface area contributed by atoms with Gasteiger partial charge in [-0.25, -0.2) is 31.6 Å². The van der Waals surface area contributed by atoms with Gasteiger partial charge in [-0.2, -0.15) is 57.3 Å². The summed E-state index contributed by atoms with van der Waals surface area (Å²) in [4.78, 5) is 0. The number of halogens is 11. The van der Waals surface area contributed by atoms with Crippen molar-refractivity contribution in [1.82, 2.24) is 67.3 Å². The smallest absolute Gasteiger partial charge is 0.506 e. The van der Waals surface area contributed by atoms with Gasteiger partial charge in [0.2, 0.25) is 0 Å². The number of aromatic nitrogens is 14. The highest BCUT2D eigenvalue weighted by Crippen LogP contribution is 2.36.